The fourth-order valence-corrected chi connectivity index (χ4v) is 2.17. The minimum atomic E-state index is -0.443. The lowest BCUT2D eigenvalue weighted by Gasteiger charge is -1.99. The van der Waals surface area contributed by atoms with E-state index >= 15 is 0 Å². The Labute approximate surface area is 102 Å². The summed E-state index contributed by atoms with van der Waals surface area (Å²) in [4.78, 5) is 18.4. The molecule has 2 rings (SSSR count). The maximum Gasteiger partial charge on any atom is 0.342 e. The first-order valence-electron chi connectivity index (χ1n) is 4.87. The molecular formula is C10H10N4O2S. The second-order valence-electron chi connectivity index (χ2n) is 3.31. The monoisotopic (exact) mass is 250 g/mol. The van der Waals surface area contributed by atoms with Crippen molar-refractivity contribution in [3.05, 3.63) is 46.5 Å². The lowest BCUT2D eigenvalue weighted by molar-refractivity contribution is -0.391. The van der Waals surface area contributed by atoms with E-state index in [4.69, 9.17) is 0 Å². The predicted molar refractivity (Wildman–Crippen MR) is 63.7 cm³/mol. The van der Waals surface area contributed by atoms with Crippen molar-refractivity contribution < 1.29 is 4.92 Å². The number of nitro groups is 1. The summed E-state index contributed by atoms with van der Waals surface area (Å²) in [6.45, 7) is 0. The van der Waals surface area contributed by atoms with Crippen molar-refractivity contribution in [2.45, 2.75) is 10.8 Å². The van der Waals surface area contributed by atoms with Crippen molar-refractivity contribution >= 4 is 17.6 Å². The van der Waals surface area contributed by atoms with Gasteiger partial charge in [0.15, 0.2) is 0 Å². The zero-order valence-electron chi connectivity index (χ0n) is 9.11. The second kappa shape index (κ2) is 4.96. The van der Waals surface area contributed by atoms with Gasteiger partial charge in [-0.25, -0.2) is 14.5 Å². The van der Waals surface area contributed by atoms with Crippen molar-refractivity contribution in [3.8, 4) is 0 Å². The van der Waals surface area contributed by atoms with Crippen LogP contribution in [0.15, 0.2) is 35.6 Å². The molecule has 0 aliphatic rings. The van der Waals surface area contributed by atoms with E-state index in [1.165, 1.54) is 22.5 Å². The minimum Gasteiger partial charge on any atom is -0.358 e. The summed E-state index contributed by atoms with van der Waals surface area (Å²) >= 11 is 1.50. The number of imidazole rings is 1. The molecule has 0 aromatic carbocycles. The molecule has 0 fully saturated rings. The largest absolute Gasteiger partial charge is 0.358 e. The third-order valence-electron chi connectivity index (χ3n) is 2.23. The first-order chi connectivity index (χ1) is 8.18. The van der Waals surface area contributed by atoms with E-state index < -0.39 is 4.92 Å². The van der Waals surface area contributed by atoms with Gasteiger partial charge in [-0.3, -0.25) is 0 Å². The molecule has 0 unspecified atom stereocenters. The van der Waals surface area contributed by atoms with Crippen LogP contribution in [0.5, 0.6) is 0 Å². The summed E-state index contributed by atoms with van der Waals surface area (Å²) in [5, 5.41) is 11.5. The third kappa shape index (κ3) is 2.62. The van der Waals surface area contributed by atoms with Crippen molar-refractivity contribution in [1.29, 1.82) is 0 Å². The first-order valence-corrected chi connectivity index (χ1v) is 5.86. The average Bonchev–Trinajstić information content (AvgIpc) is 2.69. The standard InChI is InChI=1S/C10H10N4O2S/c1-13-8(12-6-10(13)14(15)16)7-17-9-4-2-3-5-11-9/h2-6H,7H2,1H3. The number of hydrogen-bond donors (Lipinski definition) is 0. The van der Waals surface area contributed by atoms with Gasteiger partial charge in [0, 0.05) is 6.20 Å². The summed E-state index contributed by atoms with van der Waals surface area (Å²) in [6.07, 6.45) is 2.98. The lowest BCUT2D eigenvalue weighted by atomic mass is 10.5. The molecule has 0 saturated heterocycles. The molecule has 0 N–H and O–H groups in total. The van der Waals surface area contributed by atoms with Crippen LogP contribution >= 0.6 is 11.8 Å². The molecule has 7 heteroatoms. The van der Waals surface area contributed by atoms with E-state index in [-0.39, 0.29) is 5.82 Å². The number of aromatic nitrogens is 3. The Hall–Kier alpha value is -1.89. The second-order valence-corrected chi connectivity index (χ2v) is 4.30. The van der Waals surface area contributed by atoms with Crippen LogP contribution < -0.4 is 0 Å². The number of pyridine rings is 1. The molecule has 0 atom stereocenters. The van der Waals surface area contributed by atoms with Crippen LogP contribution in [0, 0.1) is 10.1 Å². The molecule has 6 nitrogen and oxygen atoms in total. The smallest absolute Gasteiger partial charge is 0.342 e. The zero-order chi connectivity index (χ0) is 12.3. The average molecular weight is 250 g/mol. The van der Waals surface area contributed by atoms with Crippen LogP contribution in [0.4, 0.5) is 5.82 Å². The van der Waals surface area contributed by atoms with Gasteiger partial charge in [0.25, 0.3) is 0 Å². The Morgan fingerprint density at radius 1 is 1.47 bits per heavy atom. The van der Waals surface area contributed by atoms with E-state index in [9.17, 15) is 10.1 Å². The summed E-state index contributed by atoms with van der Waals surface area (Å²) in [5.41, 5.74) is 0. The SMILES string of the molecule is Cn1c([N+](=O)[O-])cnc1CSc1ccccn1. The van der Waals surface area contributed by atoms with Gasteiger partial charge in [-0.15, -0.1) is 0 Å². The van der Waals surface area contributed by atoms with Gasteiger partial charge in [-0.05, 0) is 17.1 Å². The highest BCUT2D eigenvalue weighted by atomic mass is 32.2. The molecule has 0 bridgehead atoms. The quantitative estimate of drug-likeness (QED) is 0.471. The van der Waals surface area contributed by atoms with Crippen molar-refractivity contribution in [1.82, 2.24) is 14.5 Å². The topological polar surface area (TPSA) is 73.8 Å². The van der Waals surface area contributed by atoms with Crippen LogP contribution in [0.1, 0.15) is 5.82 Å². The van der Waals surface area contributed by atoms with E-state index in [1.54, 1.807) is 13.2 Å². The van der Waals surface area contributed by atoms with E-state index in [0.29, 0.717) is 11.6 Å². The fourth-order valence-electron chi connectivity index (χ4n) is 1.31. The maximum atomic E-state index is 10.6. The molecule has 88 valence electrons. The van der Waals surface area contributed by atoms with E-state index in [1.807, 2.05) is 18.2 Å². The molecule has 0 saturated carbocycles. The highest BCUT2D eigenvalue weighted by Crippen LogP contribution is 2.21. The van der Waals surface area contributed by atoms with Crippen LogP contribution in [-0.4, -0.2) is 19.5 Å². The van der Waals surface area contributed by atoms with Crippen LogP contribution in [-0.2, 0) is 12.8 Å². The third-order valence-corrected chi connectivity index (χ3v) is 3.17. The molecule has 2 heterocycles. The zero-order valence-corrected chi connectivity index (χ0v) is 9.92. The van der Waals surface area contributed by atoms with Crippen molar-refractivity contribution in [2.24, 2.45) is 7.05 Å². The Balaban J connectivity index is 2.07. The Kier molecular flexibility index (Phi) is 3.38. The molecule has 2 aromatic heterocycles. The summed E-state index contributed by atoms with van der Waals surface area (Å²) in [6, 6.07) is 5.63. The fraction of sp³-hybridized carbons (Fsp3) is 0.200. The Morgan fingerprint density at radius 2 is 2.29 bits per heavy atom. The highest BCUT2D eigenvalue weighted by Gasteiger charge is 2.16. The molecule has 0 radical (unpaired) electrons. The lowest BCUT2D eigenvalue weighted by Crippen LogP contribution is -2.00. The molecule has 17 heavy (non-hydrogen) atoms. The predicted octanol–water partition coefficient (Wildman–Crippen LogP) is 2.02. The minimum absolute atomic E-state index is 0.00150. The van der Waals surface area contributed by atoms with Gasteiger partial charge < -0.3 is 10.1 Å². The number of rotatable bonds is 4. The van der Waals surface area contributed by atoms with Crippen LogP contribution in [0.25, 0.3) is 0 Å². The first kappa shape index (κ1) is 11.6. The van der Waals surface area contributed by atoms with Gasteiger partial charge in [0.1, 0.15) is 6.20 Å². The molecular weight excluding hydrogens is 240 g/mol. The summed E-state index contributed by atoms with van der Waals surface area (Å²) < 4.78 is 1.48. The molecule has 0 aliphatic heterocycles. The highest BCUT2D eigenvalue weighted by molar-refractivity contribution is 7.98. The van der Waals surface area contributed by atoms with Gasteiger partial charge >= 0.3 is 5.82 Å². The van der Waals surface area contributed by atoms with E-state index in [2.05, 4.69) is 9.97 Å². The van der Waals surface area contributed by atoms with Crippen LogP contribution in [0.2, 0.25) is 0 Å². The van der Waals surface area contributed by atoms with Gasteiger partial charge in [0.05, 0.1) is 17.8 Å². The number of nitrogens with zero attached hydrogens (tertiary/aromatic N) is 4. The van der Waals surface area contributed by atoms with Crippen molar-refractivity contribution in [2.75, 3.05) is 0 Å². The van der Waals surface area contributed by atoms with Gasteiger partial charge in [-0.2, -0.15) is 0 Å². The van der Waals surface area contributed by atoms with Gasteiger partial charge in [-0.1, -0.05) is 17.8 Å². The van der Waals surface area contributed by atoms with Crippen molar-refractivity contribution in [3.63, 3.8) is 0 Å². The maximum absolute atomic E-state index is 10.6. The normalized spacial score (nSPS) is 10.4. The van der Waals surface area contributed by atoms with Gasteiger partial charge in [0.2, 0.25) is 5.82 Å². The number of hydrogen-bond acceptors (Lipinski definition) is 5. The summed E-state index contributed by atoms with van der Waals surface area (Å²) in [7, 11) is 1.64. The number of thioether (sulfide) groups is 1. The summed E-state index contributed by atoms with van der Waals surface area (Å²) in [5.74, 6) is 1.22. The molecule has 0 aliphatic carbocycles. The van der Waals surface area contributed by atoms with Crippen LogP contribution in [0.3, 0.4) is 0 Å². The molecule has 2 aromatic rings. The molecule has 0 spiro atoms. The molecule has 0 amide bonds. The van der Waals surface area contributed by atoms with E-state index in [0.717, 1.165) is 5.03 Å². The Bertz CT molecular complexity index is 526. The Morgan fingerprint density at radius 3 is 2.88 bits per heavy atom.